The van der Waals surface area contributed by atoms with Gasteiger partial charge in [-0.05, 0) is 49.7 Å². The summed E-state index contributed by atoms with van der Waals surface area (Å²) in [6.45, 7) is 3.02. The highest BCUT2D eigenvalue weighted by atomic mass is 32.2. The van der Waals surface area contributed by atoms with Crippen LogP contribution >= 0.6 is 0 Å². The molecule has 1 aromatic rings. The third kappa shape index (κ3) is 6.16. The van der Waals surface area contributed by atoms with E-state index in [0.29, 0.717) is 37.9 Å². The van der Waals surface area contributed by atoms with Crippen LogP contribution in [0.2, 0.25) is 0 Å². The Morgan fingerprint density at radius 1 is 1.14 bits per heavy atom. The number of carbonyl (C=O) groups is 1. The van der Waals surface area contributed by atoms with Gasteiger partial charge in [0.05, 0.1) is 0 Å². The predicted octanol–water partition coefficient (Wildman–Crippen LogP) is 4.17. The molecule has 1 aromatic carbocycles. The molecule has 1 amide bonds. The van der Waals surface area contributed by atoms with Gasteiger partial charge < -0.3 is 5.32 Å². The Morgan fingerprint density at radius 3 is 2.55 bits per heavy atom. The van der Waals surface area contributed by atoms with Crippen molar-refractivity contribution in [3.05, 3.63) is 41.3 Å². The van der Waals surface area contributed by atoms with Crippen LogP contribution in [-0.2, 0) is 14.8 Å². The number of hydrogen-bond donors (Lipinski definition) is 1. The van der Waals surface area contributed by atoms with Crippen LogP contribution in [0.25, 0.3) is 6.08 Å². The Hall–Kier alpha value is -1.66. The molecule has 6 heteroatoms. The highest BCUT2D eigenvalue weighted by Gasteiger charge is 2.33. The molecule has 1 heterocycles. The second-order valence-corrected chi connectivity index (χ2v) is 10.2. The van der Waals surface area contributed by atoms with E-state index in [4.69, 9.17) is 0 Å². The summed E-state index contributed by atoms with van der Waals surface area (Å²) in [5, 5.41) is 4.56. The molecular weight excluding hydrogens is 384 g/mol. The van der Waals surface area contributed by atoms with Crippen LogP contribution in [-0.4, -0.2) is 37.8 Å². The van der Waals surface area contributed by atoms with E-state index in [9.17, 15) is 13.2 Å². The van der Waals surface area contributed by atoms with Crippen molar-refractivity contribution in [1.82, 2.24) is 9.62 Å². The lowest BCUT2D eigenvalue weighted by Crippen LogP contribution is -2.45. The largest absolute Gasteiger partial charge is 0.353 e. The second-order valence-electron chi connectivity index (χ2n) is 8.38. The lowest BCUT2D eigenvalue weighted by atomic mass is 9.94. The quantitative estimate of drug-likeness (QED) is 0.689. The van der Waals surface area contributed by atoms with Crippen LogP contribution in [0.1, 0.15) is 63.9 Å². The average Bonchev–Trinajstić information content (AvgIpc) is 3.18. The molecule has 5 nitrogen and oxygen atoms in total. The maximum Gasteiger partial charge on any atom is 0.236 e. The van der Waals surface area contributed by atoms with E-state index in [1.165, 1.54) is 41.8 Å². The van der Waals surface area contributed by atoms with Crippen LogP contribution in [0.5, 0.6) is 0 Å². The molecule has 0 bridgehead atoms. The maximum absolute atomic E-state index is 12.7. The lowest BCUT2D eigenvalue weighted by molar-refractivity contribution is -0.127. The van der Waals surface area contributed by atoms with Crippen molar-refractivity contribution in [2.75, 3.05) is 13.1 Å². The van der Waals surface area contributed by atoms with Gasteiger partial charge in [-0.15, -0.1) is 0 Å². The highest BCUT2D eigenvalue weighted by Crippen LogP contribution is 2.30. The van der Waals surface area contributed by atoms with Crippen LogP contribution < -0.4 is 5.32 Å². The summed E-state index contributed by atoms with van der Waals surface area (Å²) in [6.07, 6.45) is 9.94. The number of nitrogens with zero attached hydrogens (tertiary/aromatic N) is 1. The third-order valence-electron chi connectivity index (χ3n) is 6.33. The fraction of sp³-hybridized carbons (Fsp3) is 0.609. The van der Waals surface area contributed by atoms with Crippen molar-refractivity contribution in [3.8, 4) is 0 Å². The maximum atomic E-state index is 12.7. The Morgan fingerprint density at radius 2 is 1.86 bits per heavy atom. The Balaban J connectivity index is 1.49. The first kappa shape index (κ1) is 22.0. The lowest BCUT2D eigenvalue weighted by Gasteiger charge is -2.31. The molecule has 3 rings (SSSR count). The van der Waals surface area contributed by atoms with Crippen molar-refractivity contribution in [1.29, 1.82) is 0 Å². The Labute approximate surface area is 175 Å². The van der Waals surface area contributed by atoms with E-state index in [1.807, 2.05) is 30.3 Å². The molecule has 2 aliphatic rings. The first-order chi connectivity index (χ1) is 14.0. The fourth-order valence-electron chi connectivity index (χ4n) is 4.53. The van der Waals surface area contributed by atoms with E-state index in [2.05, 4.69) is 12.2 Å². The molecule has 2 fully saturated rings. The van der Waals surface area contributed by atoms with Gasteiger partial charge in [0.1, 0.15) is 0 Å². The van der Waals surface area contributed by atoms with E-state index < -0.39 is 10.0 Å². The zero-order chi connectivity index (χ0) is 20.7. The first-order valence-electron chi connectivity index (χ1n) is 11.0. The highest BCUT2D eigenvalue weighted by molar-refractivity contribution is 7.92. The molecule has 160 valence electrons. The minimum Gasteiger partial charge on any atom is -0.353 e. The number of carbonyl (C=O) groups excluding carboxylic acids is 1. The number of amides is 1. The number of piperidine rings is 1. The molecule has 2 atom stereocenters. The average molecular weight is 419 g/mol. The third-order valence-corrected chi connectivity index (χ3v) is 7.90. The minimum absolute atomic E-state index is 0.0769. The van der Waals surface area contributed by atoms with Gasteiger partial charge in [0.2, 0.25) is 15.9 Å². The first-order valence-corrected chi connectivity index (χ1v) is 12.5. The normalized spacial score (nSPS) is 24.2. The molecular formula is C23H34N2O3S. The summed E-state index contributed by atoms with van der Waals surface area (Å²) in [5.74, 6) is 0.657. The van der Waals surface area contributed by atoms with Crippen molar-refractivity contribution >= 4 is 22.0 Å². The van der Waals surface area contributed by atoms with Crippen LogP contribution in [0.3, 0.4) is 0 Å². The van der Waals surface area contributed by atoms with Gasteiger partial charge in [-0.2, -0.15) is 4.31 Å². The fourth-order valence-corrected chi connectivity index (χ4v) is 5.75. The van der Waals surface area contributed by atoms with E-state index in [-0.39, 0.29) is 11.8 Å². The summed E-state index contributed by atoms with van der Waals surface area (Å²) in [7, 11) is -3.45. The monoisotopic (exact) mass is 418 g/mol. The number of hydrogen-bond acceptors (Lipinski definition) is 3. The number of sulfonamides is 1. The summed E-state index contributed by atoms with van der Waals surface area (Å²) < 4.78 is 26.7. The van der Waals surface area contributed by atoms with Crippen LogP contribution in [0, 0.1) is 11.8 Å². The summed E-state index contributed by atoms with van der Waals surface area (Å²) in [4.78, 5) is 12.7. The van der Waals surface area contributed by atoms with Gasteiger partial charge in [-0.1, -0.05) is 56.5 Å². The van der Waals surface area contributed by atoms with Crippen LogP contribution in [0.4, 0.5) is 0 Å². The second kappa shape index (κ2) is 10.4. The topological polar surface area (TPSA) is 66.5 Å². The summed E-state index contributed by atoms with van der Waals surface area (Å²) in [6, 6.07) is 9.73. The molecule has 1 aliphatic heterocycles. The molecule has 1 saturated heterocycles. The van der Waals surface area contributed by atoms with Crippen molar-refractivity contribution < 1.29 is 13.2 Å². The van der Waals surface area contributed by atoms with E-state index >= 15 is 0 Å². The molecule has 29 heavy (non-hydrogen) atoms. The van der Waals surface area contributed by atoms with Crippen molar-refractivity contribution in [2.45, 2.75) is 64.3 Å². The molecule has 0 aromatic heterocycles. The summed E-state index contributed by atoms with van der Waals surface area (Å²) >= 11 is 0. The molecule has 1 saturated carbocycles. The van der Waals surface area contributed by atoms with Crippen LogP contribution in [0.15, 0.2) is 35.7 Å². The number of nitrogens with one attached hydrogen (secondary N) is 1. The van der Waals surface area contributed by atoms with Gasteiger partial charge in [0.15, 0.2) is 0 Å². The van der Waals surface area contributed by atoms with E-state index in [1.54, 1.807) is 6.08 Å². The molecule has 1 N–H and O–H groups in total. The minimum atomic E-state index is -3.45. The molecule has 0 radical (unpaired) electrons. The zero-order valence-corrected chi connectivity index (χ0v) is 18.2. The van der Waals surface area contributed by atoms with Crippen molar-refractivity contribution in [3.63, 3.8) is 0 Å². The van der Waals surface area contributed by atoms with Gasteiger partial charge in [-0.3, -0.25) is 4.79 Å². The molecule has 0 spiro atoms. The Kier molecular flexibility index (Phi) is 7.90. The molecule has 1 aliphatic carbocycles. The standard InChI is InChI=1S/C23H34N2O3S/c1-2-3-10-20-11-7-12-22(20)24-23(26)21-13-16-25(17-14-21)29(27,28)18-15-19-8-5-4-6-9-19/h4-6,8-9,15,18,20-22H,2-3,7,10-14,16-17H2,1H3,(H,24,26)/b18-15+. The molecule has 2 unspecified atom stereocenters. The smallest absolute Gasteiger partial charge is 0.236 e. The summed E-state index contributed by atoms with van der Waals surface area (Å²) in [5.41, 5.74) is 0.861. The number of unbranched alkanes of at least 4 members (excludes halogenated alkanes) is 1. The van der Waals surface area contributed by atoms with Gasteiger partial charge >= 0.3 is 0 Å². The number of benzene rings is 1. The number of rotatable bonds is 8. The van der Waals surface area contributed by atoms with E-state index in [0.717, 1.165) is 12.0 Å². The van der Waals surface area contributed by atoms with Gasteiger partial charge in [0.25, 0.3) is 0 Å². The zero-order valence-electron chi connectivity index (χ0n) is 17.4. The van der Waals surface area contributed by atoms with Gasteiger partial charge in [-0.25, -0.2) is 8.42 Å². The van der Waals surface area contributed by atoms with Gasteiger partial charge in [0, 0.05) is 30.5 Å². The SMILES string of the molecule is CCCCC1CCCC1NC(=O)C1CCN(S(=O)(=O)/C=C/c2ccccc2)CC1. The Bertz CT molecular complexity index is 784. The predicted molar refractivity (Wildman–Crippen MR) is 117 cm³/mol. The van der Waals surface area contributed by atoms with Crippen molar-refractivity contribution in [2.24, 2.45) is 11.8 Å².